The smallest absolute Gasteiger partial charge is 0.338 e. The van der Waals surface area contributed by atoms with Crippen molar-refractivity contribution in [1.29, 1.82) is 0 Å². The molecule has 0 spiro atoms. The quantitative estimate of drug-likeness (QED) is 0.411. The van der Waals surface area contributed by atoms with Crippen LogP contribution in [0.4, 0.5) is 0 Å². The van der Waals surface area contributed by atoms with Gasteiger partial charge in [-0.15, -0.1) is 0 Å². The first-order valence-corrected chi connectivity index (χ1v) is 14.0. The number of aromatic nitrogens is 1. The zero-order valence-corrected chi connectivity index (χ0v) is 23.5. The SMILES string of the molecule is CCOC(=O)C1=C(C)N=c2s/c(=C/c3ccc(OCC(=O)N4CCOCC4)cc3)c(=O)n2[C@@H]1c1ccc(C)cc1. The highest BCUT2D eigenvalue weighted by Crippen LogP contribution is 2.30. The topological polar surface area (TPSA) is 99.4 Å². The minimum Gasteiger partial charge on any atom is -0.484 e. The standard InChI is InChI=1S/C30H31N3O6S/c1-4-38-29(36)26-20(3)31-30-33(27(26)22-9-5-19(2)6-10-22)28(35)24(40-30)17-21-7-11-23(12-8-21)39-18-25(34)32-13-15-37-16-14-32/h5-12,17,27H,4,13-16,18H2,1-3H3/b24-17+/t27-/m1/s1. The van der Waals surface area contributed by atoms with Gasteiger partial charge in [0.25, 0.3) is 11.5 Å². The average molecular weight is 562 g/mol. The Morgan fingerprint density at radius 2 is 1.77 bits per heavy atom. The van der Waals surface area contributed by atoms with Crippen molar-refractivity contribution in [3.8, 4) is 5.75 Å². The zero-order valence-electron chi connectivity index (χ0n) is 22.7. The molecule has 0 N–H and O–H groups in total. The second-order valence-corrected chi connectivity index (χ2v) is 10.6. The van der Waals surface area contributed by atoms with Crippen LogP contribution in [0.25, 0.3) is 6.08 Å². The summed E-state index contributed by atoms with van der Waals surface area (Å²) in [6, 6.07) is 14.3. The molecule has 208 valence electrons. The van der Waals surface area contributed by atoms with Gasteiger partial charge >= 0.3 is 5.97 Å². The molecule has 10 heteroatoms. The van der Waals surface area contributed by atoms with Crippen molar-refractivity contribution in [2.75, 3.05) is 39.5 Å². The number of esters is 1. The first-order chi connectivity index (χ1) is 19.4. The van der Waals surface area contributed by atoms with E-state index in [1.165, 1.54) is 11.3 Å². The summed E-state index contributed by atoms with van der Waals surface area (Å²) in [5, 5.41) is 0. The van der Waals surface area contributed by atoms with E-state index in [0.717, 1.165) is 16.7 Å². The third-order valence-corrected chi connectivity index (χ3v) is 7.80. The lowest BCUT2D eigenvalue weighted by atomic mass is 9.95. The van der Waals surface area contributed by atoms with Crippen molar-refractivity contribution in [1.82, 2.24) is 9.47 Å². The third-order valence-electron chi connectivity index (χ3n) is 6.81. The van der Waals surface area contributed by atoms with Crippen molar-refractivity contribution in [2.24, 2.45) is 4.99 Å². The molecule has 2 aliphatic heterocycles. The number of amides is 1. The number of carbonyl (C=O) groups excluding carboxylic acids is 2. The summed E-state index contributed by atoms with van der Waals surface area (Å²) < 4.78 is 18.4. The molecule has 0 bridgehead atoms. The molecule has 1 aromatic heterocycles. The number of ether oxygens (including phenoxy) is 3. The van der Waals surface area contributed by atoms with E-state index < -0.39 is 12.0 Å². The van der Waals surface area contributed by atoms with Gasteiger partial charge in [0.15, 0.2) is 11.4 Å². The molecule has 0 radical (unpaired) electrons. The highest BCUT2D eigenvalue weighted by atomic mass is 32.1. The van der Waals surface area contributed by atoms with E-state index in [2.05, 4.69) is 4.99 Å². The Morgan fingerprint density at radius 1 is 1.07 bits per heavy atom. The molecular formula is C30H31N3O6S. The van der Waals surface area contributed by atoms with Crippen molar-refractivity contribution >= 4 is 29.3 Å². The number of fused-ring (bicyclic) bond motifs is 1. The molecule has 2 aromatic carbocycles. The summed E-state index contributed by atoms with van der Waals surface area (Å²) >= 11 is 1.27. The van der Waals surface area contributed by atoms with Crippen LogP contribution in [0.5, 0.6) is 5.75 Å². The molecule has 3 heterocycles. The highest BCUT2D eigenvalue weighted by Gasteiger charge is 2.33. The van der Waals surface area contributed by atoms with E-state index in [-0.39, 0.29) is 24.7 Å². The molecule has 9 nitrogen and oxygen atoms in total. The first kappa shape index (κ1) is 27.5. The lowest BCUT2D eigenvalue weighted by molar-refractivity contribution is -0.139. The van der Waals surface area contributed by atoms with Crippen LogP contribution in [-0.2, 0) is 19.1 Å². The maximum absolute atomic E-state index is 13.7. The number of morpholine rings is 1. The number of rotatable bonds is 7. The van der Waals surface area contributed by atoms with Crippen LogP contribution in [-0.4, -0.2) is 60.9 Å². The van der Waals surface area contributed by atoms with Crippen molar-refractivity contribution in [3.63, 3.8) is 0 Å². The number of carbonyl (C=O) groups is 2. The fraction of sp³-hybridized carbons (Fsp3) is 0.333. The maximum Gasteiger partial charge on any atom is 0.338 e. The van der Waals surface area contributed by atoms with Crippen molar-refractivity contribution in [2.45, 2.75) is 26.8 Å². The van der Waals surface area contributed by atoms with Gasteiger partial charge in [0.1, 0.15) is 5.75 Å². The number of benzene rings is 2. The monoisotopic (exact) mass is 561 g/mol. The fourth-order valence-corrected chi connectivity index (χ4v) is 5.76. The average Bonchev–Trinajstić information content (AvgIpc) is 3.26. The number of nitrogens with zero attached hydrogens (tertiary/aromatic N) is 3. The Labute approximate surface area is 235 Å². The van der Waals surface area contributed by atoms with Gasteiger partial charge in [0, 0.05) is 13.1 Å². The second kappa shape index (κ2) is 12.0. The number of thiazole rings is 1. The Kier molecular flexibility index (Phi) is 8.27. The molecule has 0 unspecified atom stereocenters. The Bertz CT molecular complexity index is 1610. The van der Waals surface area contributed by atoms with E-state index in [9.17, 15) is 14.4 Å². The molecule has 0 aliphatic carbocycles. The van der Waals surface area contributed by atoms with Gasteiger partial charge in [-0.05, 0) is 50.1 Å². The summed E-state index contributed by atoms with van der Waals surface area (Å²) in [4.78, 5) is 45.9. The van der Waals surface area contributed by atoms with Crippen LogP contribution in [0, 0.1) is 6.92 Å². The minimum atomic E-state index is -0.641. The predicted molar refractivity (Wildman–Crippen MR) is 151 cm³/mol. The van der Waals surface area contributed by atoms with Crippen LogP contribution in [0.1, 0.15) is 36.6 Å². The zero-order chi connectivity index (χ0) is 28.2. The number of allylic oxidation sites excluding steroid dienone is 1. The lowest BCUT2D eigenvalue weighted by Crippen LogP contribution is -2.42. The van der Waals surface area contributed by atoms with Gasteiger partial charge in [-0.3, -0.25) is 14.2 Å². The molecule has 40 heavy (non-hydrogen) atoms. The molecule has 3 aromatic rings. The van der Waals surface area contributed by atoms with Gasteiger partial charge in [-0.2, -0.15) is 0 Å². The van der Waals surface area contributed by atoms with Gasteiger partial charge in [0.05, 0.1) is 41.7 Å². The van der Waals surface area contributed by atoms with Crippen LogP contribution in [0.2, 0.25) is 0 Å². The lowest BCUT2D eigenvalue weighted by Gasteiger charge is -2.26. The first-order valence-electron chi connectivity index (χ1n) is 13.2. The van der Waals surface area contributed by atoms with E-state index >= 15 is 0 Å². The summed E-state index contributed by atoms with van der Waals surface area (Å²) in [7, 11) is 0. The van der Waals surface area contributed by atoms with Crippen molar-refractivity contribution < 1.29 is 23.8 Å². The highest BCUT2D eigenvalue weighted by molar-refractivity contribution is 7.07. The van der Waals surface area contributed by atoms with Gasteiger partial charge in [-0.25, -0.2) is 9.79 Å². The molecule has 1 saturated heterocycles. The Hall–Kier alpha value is -4.02. The largest absolute Gasteiger partial charge is 0.484 e. The van der Waals surface area contributed by atoms with Crippen LogP contribution in [0.3, 0.4) is 0 Å². The Morgan fingerprint density at radius 3 is 2.45 bits per heavy atom. The van der Waals surface area contributed by atoms with E-state index in [1.54, 1.807) is 41.5 Å². The molecule has 1 amide bonds. The van der Waals surface area contributed by atoms with Crippen LogP contribution < -0.4 is 19.6 Å². The van der Waals surface area contributed by atoms with Crippen LogP contribution in [0.15, 0.2) is 69.6 Å². The Balaban J connectivity index is 1.43. The number of aryl methyl sites for hydroxylation is 1. The summed E-state index contributed by atoms with van der Waals surface area (Å²) in [5.74, 6) is 0.00897. The van der Waals surface area contributed by atoms with Crippen molar-refractivity contribution in [3.05, 3.63) is 96.2 Å². The van der Waals surface area contributed by atoms with Gasteiger partial charge < -0.3 is 19.1 Å². The second-order valence-electron chi connectivity index (χ2n) is 9.56. The fourth-order valence-electron chi connectivity index (χ4n) is 4.72. The summed E-state index contributed by atoms with van der Waals surface area (Å²) in [6.07, 6.45) is 1.79. The van der Waals surface area contributed by atoms with E-state index in [1.807, 2.05) is 43.3 Å². The van der Waals surface area contributed by atoms with Gasteiger partial charge in [-0.1, -0.05) is 53.3 Å². The third kappa shape index (κ3) is 5.78. The molecular weight excluding hydrogens is 530 g/mol. The minimum absolute atomic E-state index is 0.0426. The molecule has 5 rings (SSSR count). The molecule has 1 fully saturated rings. The summed E-state index contributed by atoms with van der Waals surface area (Å²) in [5.41, 5.74) is 3.34. The summed E-state index contributed by atoms with van der Waals surface area (Å²) in [6.45, 7) is 7.92. The normalized spacial score (nSPS) is 17.3. The van der Waals surface area contributed by atoms with E-state index in [4.69, 9.17) is 14.2 Å². The van der Waals surface area contributed by atoms with Crippen LogP contribution >= 0.6 is 11.3 Å². The molecule has 1 atom stereocenters. The van der Waals surface area contributed by atoms with E-state index in [0.29, 0.717) is 52.7 Å². The number of hydrogen-bond donors (Lipinski definition) is 0. The van der Waals surface area contributed by atoms with Gasteiger partial charge in [0.2, 0.25) is 0 Å². The molecule has 0 saturated carbocycles. The maximum atomic E-state index is 13.7. The molecule has 2 aliphatic rings. The number of hydrogen-bond acceptors (Lipinski definition) is 8. The predicted octanol–water partition coefficient (Wildman–Crippen LogP) is 2.34.